The van der Waals surface area contributed by atoms with Crippen molar-refractivity contribution in [3.63, 3.8) is 0 Å². The number of aryl methyl sites for hydroxylation is 1. The number of carbonyl (C=O) groups is 1. The number of hydrogen-bond donors (Lipinski definition) is 1. The van der Waals surface area contributed by atoms with Crippen LogP contribution in [-0.2, 0) is 6.54 Å². The number of pyridine rings is 1. The molecule has 1 heterocycles. The Bertz CT molecular complexity index is 353. The zero-order valence-corrected chi connectivity index (χ0v) is 7.63. The van der Waals surface area contributed by atoms with E-state index in [1.807, 2.05) is 0 Å². The topological polar surface area (TPSA) is 56.0 Å². The molecule has 5 heteroatoms. The van der Waals surface area contributed by atoms with Crippen LogP contribution in [0.25, 0.3) is 0 Å². The van der Waals surface area contributed by atoms with Crippen LogP contribution in [-0.4, -0.2) is 11.3 Å². The summed E-state index contributed by atoms with van der Waals surface area (Å²) in [6, 6.07) is 1.47. The molecular weight excluding hydrogens is 190 g/mol. The summed E-state index contributed by atoms with van der Waals surface area (Å²) in [6.07, 6.45) is -2.39. The van der Waals surface area contributed by atoms with Crippen LogP contribution >= 0.6 is 0 Å². The fourth-order valence-electron chi connectivity index (χ4n) is 1.29. The van der Waals surface area contributed by atoms with Gasteiger partial charge in [-0.3, -0.25) is 4.79 Å². The number of aromatic nitrogens is 1. The van der Waals surface area contributed by atoms with Crippen LogP contribution < -0.4 is 5.73 Å². The average molecular weight is 200 g/mol. The largest absolute Gasteiger partial charge is 0.326 e. The maximum atomic E-state index is 12.5. The van der Waals surface area contributed by atoms with E-state index < -0.39 is 6.43 Å². The van der Waals surface area contributed by atoms with Crippen LogP contribution in [0.2, 0.25) is 0 Å². The Morgan fingerprint density at radius 3 is 2.71 bits per heavy atom. The SMILES string of the molecule is Cc1cc(CN)c(C(F)F)c(C=O)n1. The maximum Gasteiger partial charge on any atom is 0.266 e. The predicted octanol–water partition coefficient (Wildman–Crippen LogP) is 1.60. The molecule has 0 aliphatic rings. The van der Waals surface area contributed by atoms with Crippen molar-refractivity contribution in [2.75, 3.05) is 0 Å². The summed E-state index contributed by atoms with van der Waals surface area (Å²) in [5.41, 5.74) is 5.51. The van der Waals surface area contributed by atoms with Crippen molar-refractivity contribution < 1.29 is 13.6 Å². The highest BCUT2D eigenvalue weighted by Gasteiger charge is 2.18. The van der Waals surface area contributed by atoms with Gasteiger partial charge in [0, 0.05) is 12.2 Å². The van der Waals surface area contributed by atoms with Gasteiger partial charge >= 0.3 is 0 Å². The first kappa shape index (κ1) is 10.7. The first-order chi connectivity index (χ1) is 6.60. The first-order valence-electron chi connectivity index (χ1n) is 4.04. The highest BCUT2D eigenvalue weighted by atomic mass is 19.3. The Morgan fingerprint density at radius 2 is 2.29 bits per heavy atom. The van der Waals surface area contributed by atoms with Crippen LogP contribution in [0.4, 0.5) is 8.78 Å². The Labute approximate surface area is 79.9 Å². The number of halogens is 2. The lowest BCUT2D eigenvalue weighted by Crippen LogP contribution is -2.08. The van der Waals surface area contributed by atoms with E-state index >= 15 is 0 Å². The highest BCUT2D eigenvalue weighted by molar-refractivity contribution is 5.75. The molecule has 0 bridgehead atoms. The number of nitrogens with two attached hydrogens (primary N) is 1. The van der Waals surface area contributed by atoms with E-state index in [-0.39, 0.29) is 23.4 Å². The van der Waals surface area contributed by atoms with Crippen LogP contribution in [0.1, 0.15) is 33.7 Å². The molecule has 1 aromatic heterocycles. The van der Waals surface area contributed by atoms with Crippen LogP contribution in [0.15, 0.2) is 6.07 Å². The second-order valence-electron chi connectivity index (χ2n) is 2.84. The summed E-state index contributed by atoms with van der Waals surface area (Å²) < 4.78 is 25.1. The van der Waals surface area contributed by atoms with Gasteiger partial charge in [-0.1, -0.05) is 0 Å². The summed E-state index contributed by atoms with van der Waals surface area (Å²) in [5, 5.41) is 0. The Hall–Kier alpha value is -1.36. The van der Waals surface area contributed by atoms with Crippen molar-refractivity contribution in [2.45, 2.75) is 19.9 Å². The van der Waals surface area contributed by atoms with Crippen molar-refractivity contribution >= 4 is 6.29 Å². The molecule has 0 aromatic carbocycles. The third-order valence-corrected chi connectivity index (χ3v) is 1.85. The fourth-order valence-corrected chi connectivity index (χ4v) is 1.29. The van der Waals surface area contributed by atoms with Crippen molar-refractivity contribution in [1.29, 1.82) is 0 Å². The molecule has 14 heavy (non-hydrogen) atoms. The van der Waals surface area contributed by atoms with Crippen molar-refractivity contribution in [3.8, 4) is 0 Å². The lowest BCUT2D eigenvalue weighted by molar-refractivity contribution is 0.110. The number of carbonyl (C=O) groups excluding carboxylic acids is 1. The second kappa shape index (κ2) is 4.23. The van der Waals surface area contributed by atoms with Gasteiger partial charge in [-0.25, -0.2) is 13.8 Å². The van der Waals surface area contributed by atoms with Crippen LogP contribution in [0.5, 0.6) is 0 Å². The van der Waals surface area contributed by atoms with Crippen molar-refractivity contribution in [2.24, 2.45) is 5.73 Å². The molecule has 0 aliphatic carbocycles. The lowest BCUT2D eigenvalue weighted by atomic mass is 10.1. The second-order valence-corrected chi connectivity index (χ2v) is 2.84. The van der Waals surface area contributed by atoms with Gasteiger partial charge in [-0.2, -0.15) is 0 Å². The quantitative estimate of drug-likeness (QED) is 0.754. The van der Waals surface area contributed by atoms with Gasteiger partial charge in [0.15, 0.2) is 6.29 Å². The first-order valence-corrected chi connectivity index (χ1v) is 4.04. The zero-order valence-electron chi connectivity index (χ0n) is 7.63. The van der Waals surface area contributed by atoms with Gasteiger partial charge in [0.2, 0.25) is 0 Å². The van der Waals surface area contributed by atoms with Gasteiger partial charge in [-0.15, -0.1) is 0 Å². The number of rotatable bonds is 3. The highest BCUT2D eigenvalue weighted by Crippen LogP contribution is 2.25. The third kappa shape index (κ3) is 1.93. The van der Waals surface area contributed by atoms with E-state index in [0.717, 1.165) is 0 Å². The smallest absolute Gasteiger partial charge is 0.266 e. The van der Waals surface area contributed by atoms with E-state index in [0.29, 0.717) is 12.0 Å². The summed E-state index contributed by atoms with van der Waals surface area (Å²) in [7, 11) is 0. The Kier molecular flexibility index (Phi) is 3.24. The number of aldehydes is 1. The maximum absolute atomic E-state index is 12.5. The lowest BCUT2D eigenvalue weighted by Gasteiger charge is -2.09. The van der Waals surface area contributed by atoms with Crippen molar-refractivity contribution in [1.82, 2.24) is 4.98 Å². The predicted molar refractivity (Wildman–Crippen MR) is 47.2 cm³/mol. The standard InChI is InChI=1S/C9H10F2N2O/c1-5-2-6(3-12)8(9(10)11)7(4-14)13-5/h2,4,9H,3,12H2,1H3. The van der Waals surface area contributed by atoms with Gasteiger partial charge in [0.25, 0.3) is 6.43 Å². The van der Waals surface area contributed by atoms with Crippen LogP contribution in [0.3, 0.4) is 0 Å². The summed E-state index contributed by atoms with van der Waals surface area (Å²) in [6.45, 7) is 1.60. The molecule has 0 aliphatic heterocycles. The summed E-state index contributed by atoms with van der Waals surface area (Å²) in [5.74, 6) is 0. The molecule has 1 rings (SSSR count). The van der Waals surface area contributed by atoms with Crippen LogP contribution in [0, 0.1) is 6.92 Å². The van der Waals surface area contributed by atoms with E-state index in [1.54, 1.807) is 6.92 Å². The molecule has 76 valence electrons. The molecule has 0 saturated heterocycles. The Morgan fingerprint density at radius 1 is 1.64 bits per heavy atom. The van der Waals surface area contributed by atoms with E-state index in [1.165, 1.54) is 6.07 Å². The molecular formula is C9H10F2N2O. The third-order valence-electron chi connectivity index (χ3n) is 1.85. The molecule has 2 N–H and O–H groups in total. The molecule has 0 saturated carbocycles. The van der Waals surface area contributed by atoms with Gasteiger partial charge in [-0.05, 0) is 18.6 Å². The molecule has 0 unspecified atom stereocenters. The van der Waals surface area contributed by atoms with E-state index in [4.69, 9.17) is 5.73 Å². The van der Waals surface area contributed by atoms with Gasteiger partial charge in [0.05, 0.1) is 5.56 Å². The zero-order chi connectivity index (χ0) is 10.7. The molecule has 1 aromatic rings. The number of alkyl halides is 2. The minimum atomic E-state index is -2.72. The fraction of sp³-hybridized carbons (Fsp3) is 0.333. The van der Waals surface area contributed by atoms with E-state index in [2.05, 4.69) is 4.98 Å². The van der Waals surface area contributed by atoms with Gasteiger partial charge in [0.1, 0.15) is 5.69 Å². The van der Waals surface area contributed by atoms with E-state index in [9.17, 15) is 13.6 Å². The monoisotopic (exact) mass is 200 g/mol. The molecule has 0 atom stereocenters. The molecule has 0 radical (unpaired) electrons. The van der Waals surface area contributed by atoms with Crippen molar-refractivity contribution in [3.05, 3.63) is 28.6 Å². The molecule has 0 spiro atoms. The Balaban J connectivity index is 3.40. The number of nitrogens with zero attached hydrogens (tertiary/aromatic N) is 1. The minimum absolute atomic E-state index is 0.0239. The summed E-state index contributed by atoms with van der Waals surface area (Å²) >= 11 is 0. The number of hydrogen-bond acceptors (Lipinski definition) is 3. The molecule has 0 fully saturated rings. The minimum Gasteiger partial charge on any atom is -0.326 e. The summed E-state index contributed by atoms with van der Waals surface area (Å²) in [4.78, 5) is 14.2. The normalized spacial score (nSPS) is 10.6. The average Bonchev–Trinajstić information content (AvgIpc) is 2.15. The molecule has 0 amide bonds. The molecule has 3 nitrogen and oxygen atoms in total. The van der Waals surface area contributed by atoms with Gasteiger partial charge < -0.3 is 5.73 Å².